The normalized spacial score (nSPS) is 27.3. The van der Waals surface area contributed by atoms with E-state index < -0.39 is 0 Å². The average Bonchev–Trinajstić information content (AvgIpc) is 2.47. The van der Waals surface area contributed by atoms with Crippen molar-refractivity contribution in [3.8, 4) is 0 Å². The van der Waals surface area contributed by atoms with Gasteiger partial charge in [0.05, 0.1) is 12.6 Å². The molecule has 0 saturated carbocycles. The largest absolute Gasteiger partial charge is 0.450 e. The quantitative estimate of drug-likeness (QED) is 0.809. The van der Waals surface area contributed by atoms with Gasteiger partial charge in [-0.3, -0.25) is 4.79 Å². The third-order valence-corrected chi connectivity index (χ3v) is 4.08. The first-order valence-corrected chi connectivity index (χ1v) is 7.55. The van der Waals surface area contributed by atoms with E-state index in [9.17, 15) is 9.59 Å². The first kappa shape index (κ1) is 15.1. The van der Waals surface area contributed by atoms with Gasteiger partial charge in [0.25, 0.3) is 0 Å². The van der Waals surface area contributed by atoms with Gasteiger partial charge in [-0.2, -0.15) is 0 Å². The first-order chi connectivity index (χ1) is 9.61. The van der Waals surface area contributed by atoms with Gasteiger partial charge in [-0.15, -0.1) is 0 Å². The summed E-state index contributed by atoms with van der Waals surface area (Å²) in [4.78, 5) is 27.6. The van der Waals surface area contributed by atoms with Crippen LogP contribution in [-0.2, 0) is 9.53 Å². The van der Waals surface area contributed by atoms with Crippen molar-refractivity contribution >= 4 is 12.0 Å². The van der Waals surface area contributed by atoms with Crippen molar-refractivity contribution in [2.75, 3.05) is 39.3 Å². The number of hydrogen-bond donors (Lipinski definition) is 1. The van der Waals surface area contributed by atoms with Gasteiger partial charge in [-0.1, -0.05) is 6.92 Å². The Labute approximate surface area is 120 Å². The lowest BCUT2D eigenvalue weighted by Gasteiger charge is -2.37. The molecule has 2 fully saturated rings. The van der Waals surface area contributed by atoms with Crippen molar-refractivity contribution in [1.29, 1.82) is 0 Å². The highest BCUT2D eigenvalue weighted by atomic mass is 16.6. The predicted octanol–water partition coefficient (Wildman–Crippen LogP) is 0.675. The molecule has 0 aromatic carbocycles. The zero-order valence-electron chi connectivity index (χ0n) is 12.4. The Morgan fingerprint density at radius 2 is 1.85 bits per heavy atom. The molecule has 2 saturated heterocycles. The second-order valence-electron chi connectivity index (χ2n) is 5.65. The monoisotopic (exact) mass is 283 g/mol. The third kappa shape index (κ3) is 3.62. The molecule has 2 rings (SSSR count). The summed E-state index contributed by atoms with van der Waals surface area (Å²) in [6.07, 6.45) is 1.78. The van der Waals surface area contributed by atoms with Crippen LogP contribution in [-0.4, -0.2) is 67.2 Å². The van der Waals surface area contributed by atoms with E-state index in [1.807, 2.05) is 4.90 Å². The molecule has 114 valence electrons. The molecule has 2 amide bonds. The van der Waals surface area contributed by atoms with E-state index >= 15 is 0 Å². The maximum absolute atomic E-state index is 12.4. The molecule has 2 heterocycles. The third-order valence-electron chi connectivity index (χ3n) is 4.08. The summed E-state index contributed by atoms with van der Waals surface area (Å²) in [5, 5.41) is 3.30. The lowest BCUT2D eigenvalue weighted by Crippen LogP contribution is -2.56. The number of nitrogens with one attached hydrogen (secondary N) is 1. The number of carbonyl (C=O) groups is 2. The SMILES string of the molecule is CCOC(=O)N1CCN(C(=O)C2CC(C)CCN2)CC1. The molecule has 2 unspecified atom stereocenters. The summed E-state index contributed by atoms with van der Waals surface area (Å²) in [5.41, 5.74) is 0. The minimum atomic E-state index is -0.274. The van der Waals surface area contributed by atoms with Crippen LogP contribution in [0.1, 0.15) is 26.7 Å². The first-order valence-electron chi connectivity index (χ1n) is 7.55. The maximum atomic E-state index is 12.4. The van der Waals surface area contributed by atoms with Crippen LogP contribution in [0.3, 0.4) is 0 Å². The molecule has 2 aliphatic rings. The maximum Gasteiger partial charge on any atom is 0.409 e. The Balaban J connectivity index is 1.81. The van der Waals surface area contributed by atoms with Crippen molar-refractivity contribution in [2.24, 2.45) is 5.92 Å². The van der Waals surface area contributed by atoms with Crippen molar-refractivity contribution in [3.63, 3.8) is 0 Å². The Hall–Kier alpha value is -1.30. The highest BCUT2D eigenvalue weighted by molar-refractivity contribution is 5.82. The molecule has 2 atom stereocenters. The number of piperazine rings is 1. The minimum absolute atomic E-state index is 0.0482. The molecule has 0 bridgehead atoms. The zero-order valence-corrected chi connectivity index (χ0v) is 12.4. The number of nitrogens with zero attached hydrogens (tertiary/aromatic N) is 2. The average molecular weight is 283 g/mol. The lowest BCUT2D eigenvalue weighted by molar-refractivity contribution is -0.136. The molecule has 0 spiro atoms. The van der Waals surface area contributed by atoms with Crippen LogP contribution in [0.15, 0.2) is 0 Å². The van der Waals surface area contributed by atoms with Gasteiger partial charge in [-0.25, -0.2) is 4.79 Å². The predicted molar refractivity (Wildman–Crippen MR) is 75.4 cm³/mol. The molecule has 2 aliphatic heterocycles. The fourth-order valence-corrected chi connectivity index (χ4v) is 2.84. The highest BCUT2D eigenvalue weighted by Crippen LogP contribution is 2.17. The molecule has 0 aromatic heterocycles. The number of hydrogen-bond acceptors (Lipinski definition) is 4. The molecular weight excluding hydrogens is 258 g/mol. The number of piperidine rings is 1. The van der Waals surface area contributed by atoms with Gasteiger partial charge in [0.2, 0.25) is 5.91 Å². The summed E-state index contributed by atoms with van der Waals surface area (Å²) in [6, 6.07) is -0.0482. The summed E-state index contributed by atoms with van der Waals surface area (Å²) in [7, 11) is 0. The zero-order chi connectivity index (χ0) is 14.5. The lowest BCUT2D eigenvalue weighted by atomic mass is 9.93. The van der Waals surface area contributed by atoms with Crippen LogP contribution >= 0.6 is 0 Å². The molecule has 0 radical (unpaired) electrons. The summed E-state index contributed by atoms with van der Waals surface area (Å²) in [5.74, 6) is 0.783. The van der Waals surface area contributed by atoms with Crippen molar-refractivity contribution in [1.82, 2.24) is 15.1 Å². The Kier molecular flexibility index (Phi) is 5.23. The van der Waals surface area contributed by atoms with E-state index in [0.29, 0.717) is 38.7 Å². The van der Waals surface area contributed by atoms with E-state index in [1.54, 1.807) is 11.8 Å². The fourth-order valence-electron chi connectivity index (χ4n) is 2.84. The van der Waals surface area contributed by atoms with Crippen LogP contribution in [0, 0.1) is 5.92 Å². The second kappa shape index (κ2) is 6.92. The standard InChI is InChI=1S/C14H25N3O3/c1-3-20-14(19)17-8-6-16(7-9-17)13(18)12-10-11(2)4-5-15-12/h11-12,15H,3-10H2,1-2H3. The van der Waals surface area contributed by atoms with E-state index in [-0.39, 0.29) is 18.0 Å². The topological polar surface area (TPSA) is 61.9 Å². The molecule has 6 nitrogen and oxygen atoms in total. The van der Waals surface area contributed by atoms with E-state index in [1.165, 1.54) is 0 Å². The molecule has 0 aliphatic carbocycles. The van der Waals surface area contributed by atoms with Gasteiger partial charge in [0.15, 0.2) is 0 Å². The smallest absolute Gasteiger partial charge is 0.409 e. The van der Waals surface area contributed by atoms with Gasteiger partial charge in [0.1, 0.15) is 0 Å². The molecule has 20 heavy (non-hydrogen) atoms. The van der Waals surface area contributed by atoms with Gasteiger partial charge < -0.3 is 19.9 Å². The number of amides is 2. The van der Waals surface area contributed by atoms with Crippen LogP contribution in [0.5, 0.6) is 0 Å². The molecular formula is C14H25N3O3. The molecule has 6 heteroatoms. The van der Waals surface area contributed by atoms with Crippen LogP contribution < -0.4 is 5.32 Å². The van der Waals surface area contributed by atoms with Crippen LogP contribution in [0.4, 0.5) is 4.79 Å². The summed E-state index contributed by atoms with van der Waals surface area (Å²) < 4.78 is 4.98. The highest BCUT2D eigenvalue weighted by Gasteiger charge is 2.31. The van der Waals surface area contributed by atoms with Gasteiger partial charge >= 0.3 is 6.09 Å². The van der Waals surface area contributed by atoms with E-state index in [4.69, 9.17) is 4.74 Å². The molecule has 1 N–H and O–H groups in total. The van der Waals surface area contributed by atoms with Gasteiger partial charge in [0, 0.05) is 26.2 Å². The van der Waals surface area contributed by atoms with Crippen LogP contribution in [0.2, 0.25) is 0 Å². The van der Waals surface area contributed by atoms with Gasteiger partial charge in [-0.05, 0) is 32.2 Å². The van der Waals surface area contributed by atoms with Crippen molar-refractivity contribution in [3.05, 3.63) is 0 Å². The Bertz CT molecular complexity index is 354. The van der Waals surface area contributed by atoms with Crippen molar-refractivity contribution in [2.45, 2.75) is 32.7 Å². The number of ether oxygens (including phenoxy) is 1. The van der Waals surface area contributed by atoms with E-state index in [2.05, 4.69) is 12.2 Å². The van der Waals surface area contributed by atoms with E-state index in [0.717, 1.165) is 19.4 Å². The van der Waals surface area contributed by atoms with Crippen LogP contribution in [0.25, 0.3) is 0 Å². The number of rotatable bonds is 2. The summed E-state index contributed by atoms with van der Waals surface area (Å²) in [6.45, 7) is 7.63. The second-order valence-corrected chi connectivity index (χ2v) is 5.65. The number of carbonyl (C=O) groups excluding carboxylic acids is 2. The summed E-state index contributed by atoms with van der Waals surface area (Å²) >= 11 is 0. The van der Waals surface area contributed by atoms with Crippen molar-refractivity contribution < 1.29 is 14.3 Å². The Morgan fingerprint density at radius 1 is 1.20 bits per heavy atom. The fraction of sp³-hybridized carbons (Fsp3) is 0.857. The Morgan fingerprint density at radius 3 is 2.45 bits per heavy atom. The molecule has 0 aromatic rings. The minimum Gasteiger partial charge on any atom is -0.450 e.